The van der Waals surface area contributed by atoms with Gasteiger partial charge in [0.15, 0.2) is 0 Å². The molecule has 0 amide bonds. The summed E-state index contributed by atoms with van der Waals surface area (Å²) >= 11 is 0. The van der Waals surface area contributed by atoms with Gasteiger partial charge in [-0.2, -0.15) is 0 Å². The average Bonchev–Trinajstić information content (AvgIpc) is 2.93. The Morgan fingerprint density at radius 3 is 3.15 bits per heavy atom. The van der Waals surface area contributed by atoms with Gasteiger partial charge in [-0.3, -0.25) is 0 Å². The Labute approximate surface area is 73.4 Å². The average molecular weight is 176 g/mol. The van der Waals surface area contributed by atoms with Crippen molar-refractivity contribution < 1.29 is 0 Å². The first-order valence-electron chi connectivity index (χ1n) is 4.27. The second-order valence-corrected chi connectivity index (χ2v) is 3.36. The van der Waals surface area contributed by atoms with Crippen LogP contribution in [0.15, 0.2) is 17.2 Å². The van der Waals surface area contributed by atoms with Crippen molar-refractivity contribution in [1.82, 2.24) is 19.6 Å². The number of nitrogens with zero attached hydrogens (tertiary/aromatic N) is 3. The van der Waals surface area contributed by atoms with Gasteiger partial charge in [-0.1, -0.05) is 0 Å². The van der Waals surface area contributed by atoms with Crippen molar-refractivity contribution in [2.24, 2.45) is 0 Å². The van der Waals surface area contributed by atoms with Gasteiger partial charge < -0.3 is 0 Å². The number of nitrogens with one attached hydrogen (secondary N) is 1. The molecule has 1 N–H and O–H groups in total. The third-order valence-corrected chi connectivity index (χ3v) is 2.34. The van der Waals surface area contributed by atoms with Crippen LogP contribution in [0.5, 0.6) is 0 Å². The summed E-state index contributed by atoms with van der Waals surface area (Å²) in [7, 11) is 0. The zero-order valence-corrected chi connectivity index (χ0v) is 6.90. The van der Waals surface area contributed by atoms with E-state index in [0.717, 1.165) is 5.56 Å². The monoisotopic (exact) mass is 176 g/mol. The lowest BCUT2D eigenvalue weighted by atomic mass is 10.2. The number of hydrogen-bond acceptors (Lipinski definition) is 3. The van der Waals surface area contributed by atoms with Crippen LogP contribution >= 0.6 is 0 Å². The summed E-state index contributed by atoms with van der Waals surface area (Å²) in [5.74, 6) is 1.05. The summed E-state index contributed by atoms with van der Waals surface area (Å²) in [5.41, 5.74) is 0.918. The number of aromatic nitrogens is 4. The molecule has 0 aliphatic heterocycles. The molecule has 5 nitrogen and oxygen atoms in total. The quantitative estimate of drug-likeness (QED) is 0.679. The van der Waals surface area contributed by atoms with E-state index < -0.39 is 0 Å². The Morgan fingerprint density at radius 1 is 1.54 bits per heavy atom. The minimum absolute atomic E-state index is 0.218. The molecule has 2 heterocycles. The van der Waals surface area contributed by atoms with Gasteiger partial charge in [0.25, 0.3) is 5.78 Å². The normalized spacial score (nSPS) is 16.6. The van der Waals surface area contributed by atoms with Gasteiger partial charge >= 0.3 is 5.69 Å². The maximum atomic E-state index is 11.2. The first kappa shape index (κ1) is 6.82. The summed E-state index contributed by atoms with van der Waals surface area (Å²) in [6.45, 7) is 0. The van der Waals surface area contributed by atoms with Gasteiger partial charge in [0.05, 0.1) is 0 Å². The number of fused-ring (bicyclic) bond motifs is 1. The third-order valence-electron chi connectivity index (χ3n) is 2.34. The van der Waals surface area contributed by atoms with Crippen LogP contribution in [-0.4, -0.2) is 19.6 Å². The summed E-state index contributed by atoms with van der Waals surface area (Å²) in [6.07, 6.45) is 6.04. The van der Waals surface area contributed by atoms with Gasteiger partial charge in [0.2, 0.25) is 0 Å². The second-order valence-electron chi connectivity index (χ2n) is 3.36. The zero-order valence-electron chi connectivity index (χ0n) is 6.90. The highest BCUT2D eigenvalue weighted by atomic mass is 16.1. The van der Waals surface area contributed by atoms with Crippen LogP contribution in [0.1, 0.15) is 24.3 Å². The lowest BCUT2D eigenvalue weighted by Crippen LogP contribution is -2.09. The van der Waals surface area contributed by atoms with Crippen LogP contribution in [-0.2, 0) is 0 Å². The second kappa shape index (κ2) is 2.18. The Balaban J connectivity index is 2.29. The molecule has 1 fully saturated rings. The molecule has 13 heavy (non-hydrogen) atoms. The molecule has 1 aliphatic carbocycles. The van der Waals surface area contributed by atoms with Crippen LogP contribution in [0.4, 0.5) is 0 Å². The van der Waals surface area contributed by atoms with Gasteiger partial charge in [-0.15, -0.1) is 5.10 Å². The maximum absolute atomic E-state index is 11.2. The van der Waals surface area contributed by atoms with Gasteiger partial charge in [0, 0.05) is 12.4 Å². The molecule has 0 atom stereocenters. The molecule has 2 aromatic heterocycles. The molecule has 0 unspecified atom stereocenters. The van der Waals surface area contributed by atoms with E-state index in [1.807, 2.05) is 6.20 Å². The lowest BCUT2D eigenvalue weighted by molar-refractivity contribution is 0.981. The van der Waals surface area contributed by atoms with Crippen LogP contribution in [0, 0.1) is 0 Å². The zero-order chi connectivity index (χ0) is 8.84. The van der Waals surface area contributed by atoms with E-state index in [4.69, 9.17) is 0 Å². The Hall–Kier alpha value is -1.65. The van der Waals surface area contributed by atoms with Crippen LogP contribution in [0.3, 0.4) is 0 Å². The highest BCUT2D eigenvalue weighted by molar-refractivity contribution is 5.29. The van der Waals surface area contributed by atoms with Crippen LogP contribution in [0.25, 0.3) is 5.78 Å². The van der Waals surface area contributed by atoms with E-state index in [-0.39, 0.29) is 5.69 Å². The van der Waals surface area contributed by atoms with E-state index in [9.17, 15) is 4.79 Å². The summed E-state index contributed by atoms with van der Waals surface area (Å²) in [6, 6.07) is 0. The van der Waals surface area contributed by atoms with Crippen molar-refractivity contribution in [3.05, 3.63) is 28.4 Å². The van der Waals surface area contributed by atoms with Crippen molar-refractivity contribution >= 4 is 5.78 Å². The van der Waals surface area contributed by atoms with Crippen LogP contribution in [0.2, 0.25) is 0 Å². The molecule has 0 spiro atoms. The van der Waals surface area contributed by atoms with Gasteiger partial charge in [-0.25, -0.2) is 19.3 Å². The standard InChI is InChI=1S/C8H8N4O/c13-8-11-10-7-9-3-6(4-12(7)8)5-1-2-5/h3-5H,1-2H2,(H,11,13). The lowest BCUT2D eigenvalue weighted by Gasteiger charge is -1.95. The predicted octanol–water partition coefficient (Wildman–Crippen LogP) is 0.295. The first-order chi connectivity index (χ1) is 6.34. The number of hydrogen-bond donors (Lipinski definition) is 1. The number of rotatable bonds is 1. The van der Waals surface area contributed by atoms with E-state index in [1.54, 1.807) is 6.20 Å². The van der Waals surface area contributed by atoms with E-state index in [2.05, 4.69) is 15.2 Å². The molecule has 2 aromatic rings. The molecule has 1 aliphatic rings. The molecule has 0 bridgehead atoms. The highest BCUT2D eigenvalue weighted by Gasteiger charge is 2.24. The minimum atomic E-state index is -0.218. The summed E-state index contributed by atoms with van der Waals surface area (Å²) < 4.78 is 1.45. The van der Waals surface area contributed by atoms with Crippen molar-refractivity contribution in [2.45, 2.75) is 18.8 Å². The largest absolute Gasteiger partial charge is 0.348 e. The fourth-order valence-electron chi connectivity index (χ4n) is 1.45. The van der Waals surface area contributed by atoms with E-state index in [0.29, 0.717) is 11.7 Å². The van der Waals surface area contributed by atoms with Crippen LogP contribution < -0.4 is 5.69 Å². The number of aromatic amines is 1. The summed E-state index contributed by atoms with van der Waals surface area (Å²) in [4.78, 5) is 15.3. The Kier molecular flexibility index (Phi) is 1.15. The SMILES string of the molecule is O=c1[nH]nc2ncc(C3CC3)cn12. The molecular formula is C8H8N4O. The van der Waals surface area contributed by atoms with Crippen molar-refractivity contribution in [3.63, 3.8) is 0 Å². The molecule has 1 saturated carbocycles. The maximum Gasteiger partial charge on any atom is 0.348 e. The van der Waals surface area contributed by atoms with Crippen molar-refractivity contribution in [1.29, 1.82) is 0 Å². The fourth-order valence-corrected chi connectivity index (χ4v) is 1.45. The van der Waals surface area contributed by atoms with E-state index >= 15 is 0 Å². The number of H-pyrrole nitrogens is 1. The Bertz CT molecular complexity index is 508. The molecule has 5 heteroatoms. The van der Waals surface area contributed by atoms with Gasteiger partial charge in [-0.05, 0) is 24.3 Å². The molecular weight excluding hydrogens is 168 g/mol. The van der Waals surface area contributed by atoms with Gasteiger partial charge in [0.1, 0.15) is 0 Å². The summed E-state index contributed by atoms with van der Waals surface area (Å²) in [5, 5.41) is 6.11. The molecule has 3 rings (SSSR count). The van der Waals surface area contributed by atoms with E-state index in [1.165, 1.54) is 17.2 Å². The van der Waals surface area contributed by atoms with Crippen molar-refractivity contribution in [2.75, 3.05) is 0 Å². The smallest absolute Gasteiger partial charge is 0.246 e. The molecule has 0 radical (unpaired) electrons. The highest BCUT2D eigenvalue weighted by Crippen LogP contribution is 2.39. The first-order valence-corrected chi connectivity index (χ1v) is 4.27. The molecule has 0 saturated heterocycles. The molecule has 66 valence electrons. The topological polar surface area (TPSA) is 63.0 Å². The van der Waals surface area contributed by atoms with Crippen molar-refractivity contribution in [3.8, 4) is 0 Å². The minimum Gasteiger partial charge on any atom is -0.246 e. The molecule has 0 aromatic carbocycles. The fraction of sp³-hybridized carbons (Fsp3) is 0.375. The Morgan fingerprint density at radius 2 is 2.38 bits per heavy atom. The third kappa shape index (κ3) is 0.965. The predicted molar refractivity (Wildman–Crippen MR) is 45.6 cm³/mol.